The lowest BCUT2D eigenvalue weighted by atomic mass is 10.3. The third kappa shape index (κ3) is 2.12. The standard InChI is InChI=1S/C11H9N5/c1-8-10(3-2-5-13-8)16-11-14-6-4-9(7-12)15-11/h2-6H,1H3,(H,14,15,16). The summed E-state index contributed by atoms with van der Waals surface area (Å²) in [6.45, 7) is 1.89. The van der Waals surface area contributed by atoms with E-state index < -0.39 is 0 Å². The van der Waals surface area contributed by atoms with Gasteiger partial charge < -0.3 is 5.32 Å². The Morgan fingerprint density at radius 2 is 2.12 bits per heavy atom. The third-order valence-electron chi connectivity index (χ3n) is 2.02. The van der Waals surface area contributed by atoms with Gasteiger partial charge in [0.25, 0.3) is 0 Å². The molecule has 0 saturated carbocycles. The van der Waals surface area contributed by atoms with E-state index in [1.54, 1.807) is 18.5 Å². The molecule has 2 heterocycles. The Morgan fingerprint density at radius 3 is 2.88 bits per heavy atom. The zero-order valence-corrected chi connectivity index (χ0v) is 8.68. The first kappa shape index (κ1) is 10.1. The molecule has 78 valence electrons. The lowest BCUT2D eigenvalue weighted by molar-refractivity contribution is 1.12. The molecule has 0 aromatic carbocycles. The highest BCUT2D eigenvalue weighted by molar-refractivity contribution is 5.55. The van der Waals surface area contributed by atoms with E-state index in [-0.39, 0.29) is 0 Å². The van der Waals surface area contributed by atoms with E-state index in [1.807, 2.05) is 25.1 Å². The molecule has 0 radical (unpaired) electrons. The summed E-state index contributed by atoms with van der Waals surface area (Å²) in [7, 11) is 0. The Morgan fingerprint density at radius 1 is 1.25 bits per heavy atom. The lowest BCUT2D eigenvalue weighted by Crippen LogP contribution is -2.00. The molecule has 0 aliphatic heterocycles. The maximum absolute atomic E-state index is 8.70. The first-order valence-electron chi connectivity index (χ1n) is 4.71. The highest BCUT2D eigenvalue weighted by Crippen LogP contribution is 2.14. The fourth-order valence-electron chi connectivity index (χ4n) is 1.22. The smallest absolute Gasteiger partial charge is 0.228 e. The zero-order valence-electron chi connectivity index (χ0n) is 8.68. The van der Waals surface area contributed by atoms with Gasteiger partial charge in [-0.25, -0.2) is 9.97 Å². The number of anilines is 2. The maximum Gasteiger partial charge on any atom is 0.228 e. The molecule has 0 bridgehead atoms. The summed E-state index contributed by atoms with van der Waals surface area (Å²) in [5.41, 5.74) is 2.02. The van der Waals surface area contributed by atoms with E-state index in [0.717, 1.165) is 11.4 Å². The van der Waals surface area contributed by atoms with Crippen molar-refractivity contribution in [2.75, 3.05) is 5.32 Å². The molecular weight excluding hydrogens is 202 g/mol. The van der Waals surface area contributed by atoms with Crippen LogP contribution in [0.15, 0.2) is 30.6 Å². The van der Waals surface area contributed by atoms with Crippen molar-refractivity contribution >= 4 is 11.6 Å². The quantitative estimate of drug-likeness (QED) is 0.819. The van der Waals surface area contributed by atoms with Crippen LogP contribution in [0.25, 0.3) is 0 Å². The number of aromatic nitrogens is 3. The Labute approximate surface area is 92.8 Å². The second-order valence-corrected chi connectivity index (χ2v) is 3.14. The second kappa shape index (κ2) is 4.36. The van der Waals surface area contributed by atoms with E-state index in [4.69, 9.17) is 5.26 Å². The summed E-state index contributed by atoms with van der Waals surface area (Å²) in [4.78, 5) is 12.2. The SMILES string of the molecule is Cc1ncccc1Nc1nccc(C#N)n1. The van der Waals surface area contributed by atoms with Crippen LogP contribution < -0.4 is 5.32 Å². The Balaban J connectivity index is 2.28. The van der Waals surface area contributed by atoms with Crippen LogP contribution in [0.1, 0.15) is 11.4 Å². The van der Waals surface area contributed by atoms with Crippen LogP contribution in [0.4, 0.5) is 11.6 Å². The van der Waals surface area contributed by atoms with Gasteiger partial charge in [-0.3, -0.25) is 4.98 Å². The molecule has 5 nitrogen and oxygen atoms in total. The predicted octanol–water partition coefficient (Wildman–Crippen LogP) is 1.80. The Hall–Kier alpha value is -2.48. The van der Waals surface area contributed by atoms with E-state index in [9.17, 15) is 0 Å². The van der Waals surface area contributed by atoms with Crippen LogP contribution in [-0.4, -0.2) is 15.0 Å². The van der Waals surface area contributed by atoms with Gasteiger partial charge in [0.2, 0.25) is 5.95 Å². The minimum absolute atomic E-state index is 0.332. The van der Waals surface area contributed by atoms with Crippen molar-refractivity contribution in [1.82, 2.24) is 15.0 Å². The van der Waals surface area contributed by atoms with Crippen LogP contribution in [0, 0.1) is 18.3 Å². The van der Waals surface area contributed by atoms with Crippen molar-refractivity contribution < 1.29 is 0 Å². The molecule has 0 fully saturated rings. The van der Waals surface area contributed by atoms with E-state index in [2.05, 4.69) is 20.3 Å². The third-order valence-corrected chi connectivity index (χ3v) is 2.02. The van der Waals surface area contributed by atoms with Crippen LogP contribution in [0.2, 0.25) is 0 Å². The van der Waals surface area contributed by atoms with E-state index >= 15 is 0 Å². The number of hydrogen-bond acceptors (Lipinski definition) is 5. The second-order valence-electron chi connectivity index (χ2n) is 3.14. The normalized spacial score (nSPS) is 9.50. The van der Waals surface area contributed by atoms with Crippen molar-refractivity contribution in [3.05, 3.63) is 42.0 Å². The van der Waals surface area contributed by atoms with Crippen molar-refractivity contribution in [3.8, 4) is 6.07 Å². The molecule has 2 aromatic rings. The molecule has 16 heavy (non-hydrogen) atoms. The van der Waals surface area contributed by atoms with Gasteiger partial charge in [-0.2, -0.15) is 5.26 Å². The Bertz CT molecular complexity index is 544. The number of pyridine rings is 1. The highest BCUT2D eigenvalue weighted by atomic mass is 15.1. The van der Waals surface area contributed by atoms with Gasteiger partial charge in [0.05, 0.1) is 11.4 Å². The molecule has 2 aromatic heterocycles. The molecule has 0 amide bonds. The number of nitrogens with zero attached hydrogens (tertiary/aromatic N) is 4. The van der Waals surface area contributed by atoms with E-state index in [1.165, 1.54) is 0 Å². The van der Waals surface area contributed by atoms with Gasteiger partial charge in [0.15, 0.2) is 0 Å². The Kier molecular flexibility index (Phi) is 2.74. The van der Waals surface area contributed by atoms with Gasteiger partial charge in [-0.15, -0.1) is 0 Å². The minimum Gasteiger partial charge on any atom is -0.323 e. The lowest BCUT2D eigenvalue weighted by Gasteiger charge is -2.06. The molecule has 0 aliphatic rings. The van der Waals surface area contributed by atoms with Crippen LogP contribution >= 0.6 is 0 Å². The fourth-order valence-corrected chi connectivity index (χ4v) is 1.22. The monoisotopic (exact) mass is 211 g/mol. The van der Waals surface area contributed by atoms with Gasteiger partial charge >= 0.3 is 0 Å². The summed E-state index contributed by atoms with van der Waals surface area (Å²) in [6.07, 6.45) is 3.26. The summed E-state index contributed by atoms with van der Waals surface area (Å²) in [5, 5.41) is 11.7. The van der Waals surface area contributed by atoms with Crippen molar-refractivity contribution in [3.63, 3.8) is 0 Å². The van der Waals surface area contributed by atoms with Crippen LogP contribution in [-0.2, 0) is 0 Å². The number of nitriles is 1. The molecule has 0 saturated heterocycles. The average Bonchev–Trinajstić information content (AvgIpc) is 2.32. The minimum atomic E-state index is 0.332. The first-order chi connectivity index (χ1) is 7.79. The van der Waals surface area contributed by atoms with Crippen molar-refractivity contribution in [2.24, 2.45) is 0 Å². The molecule has 0 atom stereocenters. The fraction of sp³-hybridized carbons (Fsp3) is 0.0909. The summed E-state index contributed by atoms with van der Waals surface area (Å²) in [5.74, 6) is 0.398. The summed E-state index contributed by atoms with van der Waals surface area (Å²) >= 11 is 0. The predicted molar refractivity (Wildman–Crippen MR) is 59.0 cm³/mol. The maximum atomic E-state index is 8.70. The van der Waals surface area contributed by atoms with Crippen LogP contribution in [0.5, 0.6) is 0 Å². The molecule has 0 spiro atoms. The number of hydrogen-bond donors (Lipinski definition) is 1. The van der Waals surface area contributed by atoms with E-state index in [0.29, 0.717) is 11.6 Å². The largest absolute Gasteiger partial charge is 0.323 e. The molecule has 1 N–H and O–H groups in total. The molecule has 0 aliphatic carbocycles. The highest BCUT2D eigenvalue weighted by Gasteiger charge is 2.01. The number of aryl methyl sites for hydroxylation is 1. The van der Waals surface area contributed by atoms with Crippen molar-refractivity contribution in [1.29, 1.82) is 5.26 Å². The molecule has 2 rings (SSSR count). The molecular formula is C11H9N5. The molecule has 5 heteroatoms. The van der Waals surface area contributed by atoms with Gasteiger partial charge in [0, 0.05) is 12.4 Å². The number of nitrogens with one attached hydrogen (secondary N) is 1. The van der Waals surface area contributed by atoms with Gasteiger partial charge in [0.1, 0.15) is 11.8 Å². The topological polar surface area (TPSA) is 74.5 Å². The summed E-state index contributed by atoms with van der Waals surface area (Å²) in [6, 6.07) is 7.22. The summed E-state index contributed by atoms with van der Waals surface area (Å²) < 4.78 is 0. The van der Waals surface area contributed by atoms with Gasteiger partial charge in [-0.05, 0) is 25.1 Å². The molecule has 0 unspecified atom stereocenters. The van der Waals surface area contributed by atoms with Crippen LogP contribution in [0.3, 0.4) is 0 Å². The zero-order chi connectivity index (χ0) is 11.4. The number of rotatable bonds is 2. The van der Waals surface area contributed by atoms with Crippen molar-refractivity contribution in [2.45, 2.75) is 6.92 Å². The van der Waals surface area contributed by atoms with Gasteiger partial charge in [-0.1, -0.05) is 0 Å². The average molecular weight is 211 g/mol. The first-order valence-corrected chi connectivity index (χ1v) is 4.71.